The Morgan fingerprint density at radius 2 is 2.07 bits per heavy atom. The van der Waals surface area contributed by atoms with Crippen LogP contribution < -0.4 is 0 Å². The predicted octanol–water partition coefficient (Wildman–Crippen LogP) is 2.37. The van der Waals surface area contributed by atoms with E-state index in [1.807, 2.05) is 11.0 Å². The van der Waals surface area contributed by atoms with Crippen molar-refractivity contribution in [1.29, 1.82) is 0 Å². The Hall–Kier alpha value is -1.31. The maximum atomic E-state index is 11.5. The molecule has 2 heteroatoms. The van der Waals surface area contributed by atoms with E-state index in [-0.39, 0.29) is 5.91 Å². The summed E-state index contributed by atoms with van der Waals surface area (Å²) in [4.78, 5) is 13.5. The fourth-order valence-electron chi connectivity index (χ4n) is 2.32. The van der Waals surface area contributed by atoms with Crippen molar-refractivity contribution in [2.24, 2.45) is 0 Å². The van der Waals surface area contributed by atoms with Crippen molar-refractivity contribution in [2.75, 3.05) is 0 Å². The molecule has 0 aliphatic carbocycles. The van der Waals surface area contributed by atoms with Crippen LogP contribution in [0.2, 0.25) is 0 Å². The molecule has 0 radical (unpaired) electrons. The maximum absolute atomic E-state index is 11.5. The molecule has 1 unspecified atom stereocenters. The zero-order valence-corrected chi connectivity index (χ0v) is 9.36. The summed E-state index contributed by atoms with van der Waals surface area (Å²) in [5.41, 5.74) is 2.71. The van der Waals surface area contributed by atoms with E-state index in [9.17, 15) is 4.79 Å². The van der Waals surface area contributed by atoms with Crippen LogP contribution in [0.25, 0.3) is 0 Å². The van der Waals surface area contributed by atoms with E-state index in [1.54, 1.807) is 6.92 Å². The molecule has 1 atom stereocenters. The first-order valence-electron chi connectivity index (χ1n) is 5.56. The third-order valence-electron chi connectivity index (χ3n) is 3.23. The van der Waals surface area contributed by atoms with Gasteiger partial charge in [0.25, 0.3) is 0 Å². The molecule has 1 aromatic rings. The largest absolute Gasteiger partial charge is 0.335 e. The van der Waals surface area contributed by atoms with Gasteiger partial charge in [0.05, 0.1) is 0 Å². The molecule has 0 bridgehead atoms. The number of nitrogens with zero attached hydrogens (tertiary/aromatic N) is 1. The maximum Gasteiger partial charge on any atom is 0.220 e. The standard InChI is InChI=1S/C13H17NO/c1-3-13-8-11-6-4-5-7-12(11)9-14(13)10(2)15/h4-7,13H,3,8-9H2,1-2H3. The summed E-state index contributed by atoms with van der Waals surface area (Å²) < 4.78 is 0. The second-order valence-electron chi connectivity index (χ2n) is 4.18. The van der Waals surface area contributed by atoms with Gasteiger partial charge in [0.2, 0.25) is 5.91 Å². The molecule has 0 saturated carbocycles. The molecule has 1 heterocycles. The van der Waals surface area contributed by atoms with Crippen molar-refractivity contribution >= 4 is 5.91 Å². The van der Waals surface area contributed by atoms with Crippen LogP contribution in [-0.4, -0.2) is 16.8 Å². The van der Waals surface area contributed by atoms with Gasteiger partial charge >= 0.3 is 0 Å². The van der Waals surface area contributed by atoms with Crippen LogP contribution in [0, 0.1) is 0 Å². The lowest BCUT2D eigenvalue weighted by Crippen LogP contribution is -2.42. The second-order valence-corrected chi connectivity index (χ2v) is 4.18. The minimum absolute atomic E-state index is 0.191. The third kappa shape index (κ3) is 1.89. The molecule has 0 fully saturated rings. The highest BCUT2D eigenvalue weighted by atomic mass is 16.2. The van der Waals surface area contributed by atoms with Gasteiger partial charge in [-0.1, -0.05) is 31.2 Å². The first-order chi connectivity index (χ1) is 7.22. The second kappa shape index (κ2) is 4.05. The van der Waals surface area contributed by atoms with Crippen molar-refractivity contribution in [3.8, 4) is 0 Å². The summed E-state index contributed by atoms with van der Waals surface area (Å²) in [6.07, 6.45) is 2.04. The first kappa shape index (κ1) is 10.2. The molecule has 1 amide bonds. The fourth-order valence-corrected chi connectivity index (χ4v) is 2.32. The molecule has 0 spiro atoms. The van der Waals surface area contributed by atoms with E-state index < -0.39 is 0 Å². The summed E-state index contributed by atoms with van der Waals surface area (Å²) in [6.45, 7) is 4.59. The van der Waals surface area contributed by atoms with Crippen LogP contribution in [0.15, 0.2) is 24.3 Å². The zero-order valence-electron chi connectivity index (χ0n) is 9.36. The van der Waals surface area contributed by atoms with Crippen molar-refractivity contribution < 1.29 is 4.79 Å². The van der Waals surface area contributed by atoms with E-state index in [4.69, 9.17) is 0 Å². The monoisotopic (exact) mass is 203 g/mol. The van der Waals surface area contributed by atoms with Gasteiger partial charge in [-0.05, 0) is 24.0 Å². The summed E-state index contributed by atoms with van der Waals surface area (Å²) in [6, 6.07) is 8.81. The topological polar surface area (TPSA) is 20.3 Å². The summed E-state index contributed by atoms with van der Waals surface area (Å²) in [7, 11) is 0. The number of rotatable bonds is 1. The fraction of sp³-hybridized carbons (Fsp3) is 0.462. The molecule has 0 saturated heterocycles. The van der Waals surface area contributed by atoms with E-state index in [0.29, 0.717) is 6.04 Å². The van der Waals surface area contributed by atoms with E-state index >= 15 is 0 Å². The first-order valence-corrected chi connectivity index (χ1v) is 5.56. The molecule has 2 rings (SSSR count). The van der Waals surface area contributed by atoms with Crippen LogP contribution in [-0.2, 0) is 17.8 Å². The lowest BCUT2D eigenvalue weighted by atomic mass is 9.93. The van der Waals surface area contributed by atoms with E-state index in [2.05, 4.69) is 25.1 Å². The smallest absolute Gasteiger partial charge is 0.220 e. The molecule has 0 N–H and O–H groups in total. The van der Waals surface area contributed by atoms with Crippen LogP contribution >= 0.6 is 0 Å². The number of carbonyl (C=O) groups is 1. The number of hydrogen-bond acceptors (Lipinski definition) is 1. The van der Waals surface area contributed by atoms with Gasteiger partial charge in [-0.3, -0.25) is 4.79 Å². The van der Waals surface area contributed by atoms with Crippen LogP contribution in [0.1, 0.15) is 31.4 Å². The van der Waals surface area contributed by atoms with Crippen LogP contribution in [0.4, 0.5) is 0 Å². The van der Waals surface area contributed by atoms with Crippen molar-refractivity contribution in [3.05, 3.63) is 35.4 Å². The molecule has 2 nitrogen and oxygen atoms in total. The Labute approximate surface area is 90.9 Å². The SMILES string of the molecule is CCC1Cc2ccccc2CN1C(C)=O. The van der Waals surface area contributed by atoms with Gasteiger partial charge in [-0.25, -0.2) is 0 Å². The molecule has 1 aliphatic heterocycles. The highest BCUT2D eigenvalue weighted by Gasteiger charge is 2.25. The molecule has 0 aromatic heterocycles. The number of hydrogen-bond donors (Lipinski definition) is 0. The van der Waals surface area contributed by atoms with Crippen molar-refractivity contribution in [2.45, 2.75) is 39.3 Å². The minimum atomic E-state index is 0.191. The predicted molar refractivity (Wildman–Crippen MR) is 60.4 cm³/mol. The van der Waals surface area contributed by atoms with E-state index in [0.717, 1.165) is 19.4 Å². The number of benzene rings is 1. The summed E-state index contributed by atoms with van der Waals surface area (Å²) >= 11 is 0. The Balaban J connectivity index is 2.30. The molecule has 15 heavy (non-hydrogen) atoms. The highest BCUT2D eigenvalue weighted by Crippen LogP contribution is 2.24. The van der Waals surface area contributed by atoms with Gasteiger partial charge in [0.1, 0.15) is 0 Å². The lowest BCUT2D eigenvalue weighted by Gasteiger charge is -2.35. The minimum Gasteiger partial charge on any atom is -0.335 e. The summed E-state index contributed by atoms with van der Waals surface area (Å²) in [5, 5.41) is 0. The third-order valence-corrected chi connectivity index (χ3v) is 3.23. The zero-order chi connectivity index (χ0) is 10.8. The number of amides is 1. The quantitative estimate of drug-likeness (QED) is 0.686. The Morgan fingerprint density at radius 3 is 2.67 bits per heavy atom. The average Bonchev–Trinajstić information content (AvgIpc) is 2.27. The van der Waals surface area contributed by atoms with Crippen LogP contribution in [0.3, 0.4) is 0 Å². The van der Waals surface area contributed by atoms with Gasteiger partial charge in [0.15, 0.2) is 0 Å². The van der Waals surface area contributed by atoms with Gasteiger partial charge < -0.3 is 4.90 Å². The van der Waals surface area contributed by atoms with Gasteiger partial charge in [-0.15, -0.1) is 0 Å². The Morgan fingerprint density at radius 1 is 1.40 bits per heavy atom. The number of carbonyl (C=O) groups excluding carboxylic acids is 1. The van der Waals surface area contributed by atoms with Gasteiger partial charge in [-0.2, -0.15) is 0 Å². The molecule has 1 aliphatic rings. The van der Waals surface area contributed by atoms with Crippen LogP contribution in [0.5, 0.6) is 0 Å². The Bertz CT molecular complexity index is 373. The van der Waals surface area contributed by atoms with Gasteiger partial charge in [0, 0.05) is 19.5 Å². The molecule has 1 aromatic carbocycles. The highest BCUT2D eigenvalue weighted by molar-refractivity contribution is 5.74. The lowest BCUT2D eigenvalue weighted by molar-refractivity contribution is -0.132. The summed E-state index contributed by atoms with van der Waals surface area (Å²) in [5.74, 6) is 0.191. The van der Waals surface area contributed by atoms with Crippen molar-refractivity contribution in [1.82, 2.24) is 4.90 Å². The Kier molecular flexibility index (Phi) is 2.76. The van der Waals surface area contributed by atoms with Crippen molar-refractivity contribution in [3.63, 3.8) is 0 Å². The molecular weight excluding hydrogens is 186 g/mol. The molecular formula is C13H17NO. The van der Waals surface area contributed by atoms with E-state index in [1.165, 1.54) is 11.1 Å². The average molecular weight is 203 g/mol. The normalized spacial score (nSPS) is 19.9. The molecule has 80 valence electrons. The number of fused-ring (bicyclic) bond motifs is 1.